The Balaban J connectivity index is 1.54. The highest BCUT2D eigenvalue weighted by molar-refractivity contribution is 4.94. The lowest BCUT2D eigenvalue weighted by Gasteiger charge is -2.41. The molecule has 0 bridgehead atoms. The van der Waals surface area contributed by atoms with E-state index in [1.54, 1.807) is 0 Å². The first kappa shape index (κ1) is 15.8. The van der Waals surface area contributed by atoms with Gasteiger partial charge in [0.15, 0.2) is 0 Å². The Morgan fingerprint density at radius 3 is 2.29 bits per heavy atom. The molecule has 122 valence electrons. The monoisotopic (exact) mass is 292 g/mol. The first-order valence-corrected chi connectivity index (χ1v) is 9.60. The third kappa shape index (κ3) is 4.01. The Labute approximate surface area is 132 Å². The first-order chi connectivity index (χ1) is 10.2. The summed E-state index contributed by atoms with van der Waals surface area (Å²) < 4.78 is 0. The van der Waals surface area contributed by atoms with Gasteiger partial charge >= 0.3 is 0 Å². The SMILES string of the molecule is CC(C)CNCC1(CN2CC3CCCC3C2)CCCCC1. The molecule has 2 nitrogen and oxygen atoms in total. The Morgan fingerprint density at radius 1 is 1.00 bits per heavy atom. The normalized spacial score (nSPS) is 32.7. The molecule has 0 radical (unpaired) electrons. The van der Waals surface area contributed by atoms with Crippen LogP contribution in [0.15, 0.2) is 0 Å². The van der Waals surface area contributed by atoms with Gasteiger partial charge in [0.2, 0.25) is 0 Å². The van der Waals surface area contributed by atoms with Gasteiger partial charge in [-0.05, 0) is 55.4 Å². The van der Waals surface area contributed by atoms with E-state index in [-0.39, 0.29) is 0 Å². The maximum Gasteiger partial charge on any atom is 0.00504 e. The second-order valence-corrected chi connectivity index (χ2v) is 8.73. The summed E-state index contributed by atoms with van der Waals surface area (Å²) in [7, 11) is 0. The van der Waals surface area contributed by atoms with Crippen molar-refractivity contribution < 1.29 is 0 Å². The number of likely N-dealkylation sites (tertiary alicyclic amines) is 1. The number of hydrogen-bond acceptors (Lipinski definition) is 2. The van der Waals surface area contributed by atoms with Gasteiger partial charge in [-0.15, -0.1) is 0 Å². The lowest BCUT2D eigenvalue weighted by molar-refractivity contribution is 0.111. The quantitative estimate of drug-likeness (QED) is 0.798. The van der Waals surface area contributed by atoms with Gasteiger partial charge < -0.3 is 10.2 Å². The van der Waals surface area contributed by atoms with Crippen molar-refractivity contribution in [1.29, 1.82) is 0 Å². The zero-order valence-electron chi connectivity index (χ0n) is 14.4. The molecule has 0 amide bonds. The van der Waals surface area contributed by atoms with Crippen molar-refractivity contribution in [2.45, 2.75) is 65.2 Å². The standard InChI is InChI=1S/C19H36N2/c1-16(2)11-20-14-19(9-4-3-5-10-19)15-21-12-17-7-6-8-18(17)13-21/h16-18,20H,3-15H2,1-2H3. The molecule has 1 saturated heterocycles. The third-order valence-corrected chi connectivity index (χ3v) is 6.33. The van der Waals surface area contributed by atoms with Crippen molar-refractivity contribution in [3.63, 3.8) is 0 Å². The van der Waals surface area contributed by atoms with Gasteiger partial charge in [0.05, 0.1) is 0 Å². The van der Waals surface area contributed by atoms with Crippen LogP contribution in [0, 0.1) is 23.2 Å². The van der Waals surface area contributed by atoms with Crippen molar-refractivity contribution in [2.24, 2.45) is 23.2 Å². The van der Waals surface area contributed by atoms with E-state index in [4.69, 9.17) is 0 Å². The maximum absolute atomic E-state index is 3.79. The highest BCUT2D eigenvalue weighted by Gasteiger charge is 2.40. The molecule has 3 rings (SSSR count). The summed E-state index contributed by atoms with van der Waals surface area (Å²) in [6, 6.07) is 0. The third-order valence-electron chi connectivity index (χ3n) is 6.33. The Hall–Kier alpha value is -0.0800. The second-order valence-electron chi connectivity index (χ2n) is 8.73. The van der Waals surface area contributed by atoms with E-state index in [2.05, 4.69) is 24.1 Å². The van der Waals surface area contributed by atoms with Gasteiger partial charge in [-0.2, -0.15) is 0 Å². The van der Waals surface area contributed by atoms with Gasteiger partial charge in [-0.25, -0.2) is 0 Å². The fourth-order valence-corrected chi connectivity index (χ4v) is 5.25. The van der Waals surface area contributed by atoms with E-state index < -0.39 is 0 Å². The van der Waals surface area contributed by atoms with Gasteiger partial charge in [0, 0.05) is 26.2 Å². The number of hydrogen-bond donors (Lipinski definition) is 1. The van der Waals surface area contributed by atoms with E-state index >= 15 is 0 Å². The Morgan fingerprint density at radius 2 is 1.67 bits per heavy atom. The van der Waals surface area contributed by atoms with Crippen molar-refractivity contribution in [3.8, 4) is 0 Å². The lowest BCUT2D eigenvalue weighted by atomic mass is 9.73. The molecule has 0 aromatic rings. The smallest absolute Gasteiger partial charge is 0.00504 e. The van der Waals surface area contributed by atoms with E-state index in [0.29, 0.717) is 5.41 Å². The molecule has 2 atom stereocenters. The zero-order valence-corrected chi connectivity index (χ0v) is 14.4. The van der Waals surface area contributed by atoms with Crippen LogP contribution < -0.4 is 5.32 Å². The highest BCUT2D eigenvalue weighted by Crippen LogP contribution is 2.42. The van der Waals surface area contributed by atoms with Crippen LogP contribution in [0.3, 0.4) is 0 Å². The molecule has 0 spiro atoms. The van der Waals surface area contributed by atoms with E-state index in [0.717, 1.165) is 17.8 Å². The van der Waals surface area contributed by atoms with Gasteiger partial charge in [0.25, 0.3) is 0 Å². The van der Waals surface area contributed by atoms with Crippen molar-refractivity contribution in [1.82, 2.24) is 10.2 Å². The van der Waals surface area contributed by atoms with Crippen LogP contribution in [-0.2, 0) is 0 Å². The number of rotatable bonds is 6. The molecule has 21 heavy (non-hydrogen) atoms. The molecule has 2 heteroatoms. The fourth-order valence-electron chi connectivity index (χ4n) is 5.25. The molecule has 2 aliphatic carbocycles. The second kappa shape index (κ2) is 7.00. The summed E-state index contributed by atoms with van der Waals surface area (Å²) in [6.07, 6.45) is 11.9. The molecule has 3 fully saturated rings. The van der Waals surface area contributed by atoms with Crippen LogP contribution >= 0.6 is 0 Å². The molecule has 0 aromatic heterocycles. The number of nitrogens with zero attached hydrogens (tertiary/aromatic N) is 1. The summed E-state index contributed by atoms with van der Waals surface area (Å²) in [5, 5.41) is 3.79. The molecule has 1 N–H and O–H groups in total. The van der Waals surface area contributed by atoms with Crippen LogP contribution in [-0.4, -0.2) is 37.6 Å². The van der Waals surface area contributed by atoms with Crippen LogP contribution in [0.5, 0.6) is 0 Å². The van der Waals surface area contributed by atoms with Gasteiger partial charge in [-0.3, -0.25) is 0 Å². The summed E-state index contributed by atoms with van der Waals surface area (Å²) in [5.41, 5.74) is 0.589. The van der Waals surface area contributed by atoms with Gasteiger partial charge in [-0.1, -0.05) is 39.5 Å². The predicted molar refractivity (Wildman–Crippen MR) is 90.5 cm³/mol. The summed E-state index contributed by atoms with van der Waals surface area (Å²) in [5.74, 6) is 2.88. The number of fused-ring (bicyclic) bond motifs is 1. The molecule has 1 aliphatic heterocycles. The lowest BCUT2D eigenvalue weighted by Crippen LogP contribution is -2.45. The van der Waals surface area contributed by atoms with Crippen LogP contribution in [0.4, 0.5) is 0 Å². The van der Waals surface area contributed by atoms with Crippen molar-refractivity contribution in [3.05, 3.63) is 0 Å². The largest absolute Gasteiger partial charge is 0.316 e. The summed E-state index contributed by atoms with van der Waals surface area (Å²) in [4.78, 5) is 2.84. The fraction of sp³-hybridized carbons (Fsp3) is 1.00. The van der Waals surface area contributed by atoms with Crippen LogP contribution in [0.2, 0.25) is 0 Å². The molecule has 2 unspecified atom stereocenters. The Kier molecular flexibility index (Phi) is 5.27. The van der Waals surface area contributed by atoms with Crippen molar-refractivity contribution in [2.75, 3.05) is 32.7 Å². The predicted octanol–water partition coefficient (Wildman–Crippen LogP) is 3.91. The van der Waals surface area contributed by atoms with Crippen LogP contribution in [0.25, 0.3) is 0 Å². The zero-order chi connectivity index (χ0) is 14.7. The average Bonchev–Trinajstić information content (AvgIpc) is 3.00. The summed E-state index contributed by atoms with van der Waals surface area (Å²) in [6.45, 7) is 11.3. The molecule has 0 aromatic carbocycles. The van der Waals surface area contributed by atoms with Crippen LogP contribution in [0.1, 0.15) is 65.2 Å². The molecular weight excluding hydrogens is 256 g/mol. The topological polar surface area (TPSA) is 15.3 Å². The van der Waals surface area contributed by atoms with E-state index in [1.165, 1.54) is 84.1 Å². The Bertz CT molecular complexity index is 308. The number of nitrogens with one attached hydrogen (secondary N) is 1. The minimum absolute atomic E-state index is 0.589. The van der Waals surface area contributed by atoms with Crippen molar-refractivity contribution >= 4 is 0 Å². The van der Waals surface area contributed by atoms with E-state index in [9.17, 15) is 0 Å². The highest BCUT2D eigenvalue weighted by atomic mass is 15.2. The maximum atomic E-state index is 3.79. The minimum atomic E-state index is 0.589. The summed E-state index contributed by atoms with van der Waals surface area (Å²) >= 11 is 0. The minimum Gasteiger partial charge on any atom is -0.316 e. The molecule has 3 aliphatic rings. The first-order valence-electron chi connectivity index (χ1n) is 9.60. The van der Waals surface area contributed by atoms with Gasteiger partial charge in [0.1, 0.15) is 0 Å². The molecule has 1 heterocycles. The molecule has 2 saturated carbocycles. The van der Waals surface area contributed by atoms with E-state index in [1.807, 2.05) is 0 Å². The molecular formula is C19H36N2. The average molecular weight is 293 g/mol.